The lowest BCUT2D eigenvalue weighted by molar-refractivity contribution is 0.0896. The number of para-hydroxylation sites is 2. The number of hydrogen-bond acceptors (Lipinski definition) is 3. The van der Waals surface area contributed by atoms with Crippen LogP contribution in [0.4, 0.5) is 0 Å². The summed E-state index contributed by atoms with van der Waals surface area (Å²) in [5.74, 6) is 0.927. The molecule has 0 saturated heterocycles. The Morgan fingerprint density at radius 2 is 1.87 bits per heavy atom. The summed E-state index contributed by atoms with van der Waals surface area (Å²) in [5.41, 5.74) is 4.27. The maximum absolute atomic E-state index is 12.5. The molecule has 0 radical (unpaired) electrons. The van der Waals surface area contributed by atoms with Gasteiger partial charge in [-0.2, -0.15) is 0 Å². The minimum Gasteiger partial charge on any atom is -0.274 e. The largest absolute Gasteiger partial charge is 0.274 e. The molecule has 0 aliphatic heterocycles. The van der Waals surface area contributed by atoms with E-state index in [0.717, 1.165) is 28.4 Å². The molecule has 0 bridgehead atoms. The fourth-order valence-electron chi connectivity index (χ4n) is 2.50. The Labute approximate surface area is 140 Å². The van der Waals surface area contributed by atoms with Gasteiger partial charge in [0.2, 0.25) is 5.91 Å². The first-order chi connectivity index (χ1) is 11.2. The fraction of sp³-hybridized carbons (Fsp3) is 0.263. The highest BCUT2D eigenvalue weighted by atomic mass is 32.2. The molecule has 0 aliphatic rings. The molecular formula is C19H20N2OS. The van der Waals surface area contributed by atoms with Gasteiger partial charge in [0, 0.05) is 12.2 Å². The van der Waals surface area contributed by atoms with Gasteiger partial charge in [0.15, 0.2) is 5.16 Å². The normalized spacial score (nSPS) is 11.0. The van der Waals surface area contributed by atoms with Gasteiger partial charge in [0.05, 0.1) is 11.0 Å². The molecule has 118 valence electrons. The summed E-state index contributed by atoms with van der Waals surface area (Å²) in [6.45, 7) is 4.11. The number of hydrogen-bond donors (Lipinski definition) is 0. The predicted molar refractivity (Wildman–Crippen MR) is 96.0 cm³/mol. The Hall–Kier alpha value is -2.07. The van der Waals surface area contributed by atoms with Crippen molar-refractivity contribution in [2.45, 2.75) is 37.6 Å². The second-order valence-electron chi connectivity index (χ2n) is 5.64. The summed E-state index contributed by atoms with van der Waals surface area (Å²) in [6, 6.07) is 16.3. The van der Waals surface area contributed by atoms with E-state index in [1.807, 2.05) is 31.2 Å². The molecular weight excluding hydrogens is 304 g/mol. The monoisotopic (exact) mass is 324 g/mol. The molecule has 3 rings (SSSR count). The first kappa shape index (κ1) is 15.8. The van der Waals surface area contributed by atoms with Gasteiger partial charge in [-0.3, -0.25) is 9.36 Å². The van der Waals surface area contributed by atoms with Crippen molar-refractivity contribution in [1.82, 2.24) is 9.55 Å². The minimum absolute atomic E-state index is 0.118. The van der Waals surface area contributed by atoms with Crippen LogP contribution < -0.4 is 0 Å². The molecule has 0 fully saturated rings. The van der Waals surface area contributed by atoms with Crippen molar-refractivity contribution in [3.63, 3.8) is 0 Å². The van der Waals surface area contributed by atoms with Gasteiger partial charge >= 0.3 is 0 Å². The van der Waals surface area contributed by atoms with E-state index in [9.17, 15) is 4.79 Å². The van der Waals surface area contributed by atoms with Gasteiger partial charge in [-0.15, -0.1) is 0 Å². The zero-order chi connectivity index (χ0) is 16.2. The molecule has 1 heterocycles. The lowest BCUT2D eigenvalue weighted by atomic mass is 10.2. The number of aryl methyl sites for hydroxylation is 1. The molecule has 3 aromatic rings. The Bertz CT molecular complexity index is 821. The van der Waals surface area contributed by atoms with Crippen molar-refractivity contribution in [2.75, 3.05) is 0 Å². The maximum atomic E-state index is 12.5. The molecule has 0 N–H and O–H groups in total. The Balaban J connectivity index is 1.91. The van der Waals surface area contributed by atoms with E-state index in [1.165, 1.54) is 11.1 Å². The van der Waals surface area contributed by atoms with Crippen LogP contribution in [0.25, 0.3) is 11.0 Å². The van der Waals surface area contributed by atoms with E-state index < -0.39 is 0 Å². The fourth-order valence-corrected chi connectivity index (χ4v) is 3.48. The van der Waals surface area contributed by atoms with Gasteiger partial charge in [0.1, 0.15) is 0 Å². The Kier molecular flexibility index (Phi) is 4.82. The van der Waals surface area contributed by atoms with E-state index >= 15 is 0 Å². The second kappa shape index (κ2) is 7.01. The van der Waals surface area contributed by atoms with Crippen molar-refractivity contribution >= 4 is 28.7 Å². The Morgan fingerprint density at radius 1 is 1.13 bits per heavy atom. The number of rotatable bonds is 5. The summed E-state index contributed by atoms with van der Waals surface area (Å²) in [7, 11) is 0. The molecule has 0 unspecified atom stereocenters. The first-order valence-electron chi connectivity index (χ1n) is 7.88. The molecule has 0 amide bonds. The highest BCUT2D eigenvalue weighted by Crippen LogP contribution is 2.27. The van der Waals surface area contributed by atoms with Gasteiger partial charge in [-0.25, -0.2) is 4.98 Å². The molecule has 0 atom stereocenters. The lowest BCUT2D eigenvalue weighted by Crippen LogP contribution is -2.11. The van der Waals surface area contributed by atoms with Crippen LogP contribution in [0.15, 0.2) is 53.7 Å². The van der Waals surface area contributed by atoms with Gasteiger partial charge in [0.25, 0.3) is 0 Å². The molecule has 1 aromatic heterocycles. The number of carbonyl (C=O) groups excluding carboxylic acids is 1. The number of fused-ring (bicyclic) bond motifs is 1. The third-order valence-electron chi connectivity index (χ3n) is 3.73. The van der Waals surface area contributed by atoms with Crippen LogP contribution in [0, 0.1) is 6.92 Å². The van der Waals surface area contributed by atoms with Crippen LogP contribution in [0.5, 0.6) is 0 Å². The number of benzene rings is 2. The van der Waals surface area contributed by atoms with E-state index in [2.05, 4.69) is 36.2 Å². The number of carbonyl (C=O) groups is 1. The highest BCUT2D eigenvalue weighted by molar-refractivity contribution is 7.98. The van der Waals surface area contributed by atoms with Gasteiger partial charge in [-0.1, -0.05) is 60.6 Å². The number of aromatic nitrogens is 2. The first-order valence-corrected chi connectivity index (χ1v) is 8.86. The number of nitrogens with zero attached hydrogens (tertiary/aromatic N) is 2. The summed E-state index contributed by atoms with van der Waals surface area (Å²) in [4.78, 5) is 17.2. The van der Waals surface area contributed by atoms with Crippen LogP contribution in [-0.2, 0) is 5.75 Å². The third kappa shape index (κ3) is 3.48. The SMILES string of the molecule is CCCC(=O)n1c(SCc2ccc(C)cc2)nc2ccccc21. The topological polar surface area (TPSA) is 34.9 Å². The molecule has 0 spiro atoms. The molecule has 23 heavy (non-hydrogen) atoms. The van der Waals surface area contributed by atoms with Crippen molar-refractivity contribution in [3.8, 4) is 0 Å². The van der Waals surface area contributed by atoms with Gasteiger partial charge in [-0.05, 0) is 31.0 Å². The quantitative estimate of drug-likeness (QED) is 0.614. The van der Waals surface area contributed by atoms with Crippen molar-refractivity contribution in [3.05, 3.63) is 59.7 Å². The van der Waals surface area contributed by atoms with Crippen LogP contribution in [0.1, 0.15) is 35.7 Å². The van der Waals surface area contributed by atoms with Gasteiger partial charge < -0.3 is 0 Å². The van der Waals surface area contributed by atoms with E-state index in [0.29, 0.717) is 6.42 Å². The zero-order valence-electron chi connectivity index (χ0n) is 13.5. The number of thioether (sulfide) groups is 1. The molecule has 0 aliphatic carbocycles. The summed E-state index contributed by atoms with van der Waals surface area (Å²) < 4.78 is 1.78. The Morgan fingerprint density at radius 3 is 2.61 bits per heavy atom. The summed E-state index contributed by atoms with van der Waals surface area (Å²) in [5, 5.41) is 0.783. The summed E-state index contributed by atoms with van der Waals surface area (Å²) in [6.07, 6.45) is 1.38. The molecule has 4 heteroatoms. The third-order valence-corrected chi connectivity index (χ3v) is 4.74. The van der Waals surface area contributed by atoms with Crippen molar-refractivity contribution < 1.29 is 4.79 Å². The predicted octanol–water partition coefficient (Wildman–Crippen LogP) is 5.08. The minimum atomic E-state index is 0.118. The smallest absolute Gasteiger partial charge is 0.233 e. The van der Waals surface area contributed by atoms with E-state index in [1.54, 1.807) is 16.3 Å². The van der Waals surface area contributed by atoms with Crippen LogP contribution in [0.3, 0.4) is 0 Å². The average Bonchev–Trinajstić information content (AvgIpc) is 2.93. The molecule has 0 saturated carbocycles. The average molecular weight is 324 g/mol. The standard InChI is InChI=1S/C19H20N2OS/c1-3-6-18(22)21-17-8-5-4-7-16(17)20-19(21)23-13-15-11-9-14(2)10-12-15/h4-5,7-12H,3,6,13H2,1-2H3. The summed E-state index contributed by atoms with van der Waals surface area (Å²) >= 11 is 1.62. The van der Waals surface area contributed by atoms with Crippen molar-refractivity contribution in [2.24, 2.45) is 0 Å². The molecule has 3 nitrogen and oxygen atoms in total. The molecule has 2 aromatic carbocycles. The van der Waals surface area contributed by atoms with Crippen LogP contribution in [0.2, 0.25) is 0 Å². The maximum Gasteiger partial charge on any atom is 0.233 e. The van der Waals surface area contributed by atoms with Crippen LogP contribution in [-0.4, -0.2) is 15.5 Å². The van der Waals surface area contributed by atoms with Crippen molar-refractivity contribution in [1.29, 1.82) is 0 Å². The second-order valence-corrected chi connectivity index (χ2v) is 6.58. The highest BCUT2D eigenvalue weighted by Gasteiger charge is 2.16. The van der Waals surface area contributed by atoms with E-state index in [-0.39, 0.29) is 5.91 Å². The van der Waals surface area contributed by atoms with Crippen LogP contribution >= 0.6 is 11.8 Å². The number of imidazole rings is 1. The zero-order valence-corrected chi connectivity index (χ0v) is 14.3. The lowest BCUT2D eigenvalue weighted by Gasteiger charge is -2.07. The van der Waals surface area contributed by atoms with E-state index in [4.69, 9.17) is 0 Å².